The number of aromatic nitrogens is 1. The number of ether oxygens (including phenoxy) is 1. The van der Waals surface area contributed by atoms with Crippen molar-refractivity contribution in [3.8, 4) is 5.75 Å². The van der Waals surface area contributed by atoms with Crippen LogP contribution in [0, 0.1) is 0 Å². The summed E-state index contributed by atoms with van der Waals surface area (Å²) in [5.41, 5.74) is 0.338. The Kier molecular flexibility index (Phi) is 3.45. The van der Waals surface area contributed by atoms with Gasteiger partial charge in [0.2, 0.25) is 0 Å². The van der Waals surface area contributed by atoms with Crippen LogP contribution in [0.4, 0.5) is 0 Å². The molecular formula is C12H15N3O3. The zero-order chi connectivity index (χ0) is 13.1. The van der Waals surface area contributed by atoms with Crippen LogP contribution in [-0.4, -0.2) is 37.0 Å². The minimum atomic E-state index is -0.364. The van der Waals surface area contributed by atoms with Crippen LogP contribution in [-0.2, 0) is 0 Å². The maximum Gasteiger partial charge on any atom is 0.273 e. The fraction of sp³-hybridized carbons (Fsp3) is 0.417. The van der Waals surface area contributed by atoms with Gasteiger partial charge in [0, 0.05) is 14.1 Å². The highest BCUT2D eigenvalue weighted by atomic mass is 16.5. The average Bonchev–Trinajstić information content (AvgIpc) is 3.21. The molecule has 0 saturated heterocycles. The van der Waals surface area contributed by atoms with Gasteiger partial charge in [0.1, 0.15) is 5.69 Å². The van der Waals surface area contributed by atoms with Crippen LogP contribution < -0.4 is 15.4 Å². The largest absolute Gasteiger partial charge is 0.488 e. The summed E-state index contributed by atoms with van der Waals surface area (Å²) >= 11 is 0. The number of nitrogens with one attached hydrogen (secondary N) is 2. The lowest BCUT2D eigenvalue weighted by Gasteiger charge is -2.10. The molecule has 1 saturated carbocycles. The van der Waals surface area contributed by atoms with Crippen molar-refractivity contribution >= 4 is 11.8 Å². The first-order valence-corrected chi connectivity index (χ1v) is 5.77. The Morgan fingerprint density at radius 1 is 1.22 bits per heavy atom. The van der Waals surface area contributed by atoms with Crippen LogP contribution in [0.3, 0.4) is 0 Å². The third-order valence-corrected chi connectivity index (χ3v) is 2.58. The second-order valence-corrected chi connectivity index (χ2v) is 4.02. The molecule has 0 spiro atoms. The lowest BCUT2D eigenvalue weighted by atomic mass is 10.2. The number of rotatable bonds is 4. The molecule has 2 rings (SSSR count). The van der Waals surface area contributed by atoms with E-state index in [0.29, 0.717) is 5.75 Å². The predicted molar refractivity (Wildman–Crippen MR) is 64.7 cm³/mol. The normalized spacial score (nSPS) is 13.9. The zero-order valence-corrected chi connectivity index (χ0v) is 10.3. The van der Waals surface area contributed by atoms with Crippen LogP contribution in [0.2, 0.25) is 0 Å². The van der Waals surface area contributed by atoms with Crippen LogP contribution in [0.15, 0.2) is 12.1 Å². The molecule has 2 N–H and O–H groups in total. The van der Waals surface area contributed by atoms with Gasteiger partial charge in [-0.1, -0.05) is 0 Å². The van der Waals surface area contributed by atoms with E-state index in [4.69, 9.17) is 4.74 Å². The highest BCUT2D eigenvalue weighted by molar-refractivity contribution is 5.97. The number of hydrogen-bond donors (Lipinski definition) is 2. The van der Waals surface area contributed by atoms with E-state index in [2.05, 4.69) is 15.6 Å². The summed E-state index contributed by atoms with van der Waals surface area (Å²) in [6.45, 7) is 0. The highest BCUT2D eigenvalue weighted by Crippen LogP contribution is 2.28. The van der Waals surface area contributed by atoms with Crippen LogP contribution >= 0.6 is 0 Å². The van der Waals surface area contributed by atoms with Gasteiger partial charge < -0.3 is 15.4 Å². The van der Waals surface area contributed by atoms with E-state index in [9.17, 15) is 9.59 Å². The lowest BCUT2D eigenvalue weighted by molar-refractivity contribution is 0.0950. The average molecular weight is 249 g/mol. The lowest BCUT2D eigenvalue weighted by Crippen LogP contribution is -2.24. The van der Waals surface area contributed by atoms with E-state index in [1.54, 1.807) is 12.1 Å². The number of carbonyl (C=O) groups excluding carboxylic acids is 2. The van der Waals surface area contributed by atoms with Gasteiger partial charge in [0.15, 0.2) is 11.4 Å². The molecule has 6 heteroatoms. The van der Waals surface area contributed by atoms with Gasteiger partial charge in [0.05, 0.1) is 6.10 Å². The van der Waals surface area contributed by atoms with Crippen molar-refractivity contribution in [2.45, 2.75) is 18.9 Å². The molecule has 0 unspecified atom stereocenters. The Morgan fingerprint density at radius 2 is 1.89 bits per heavy atom. The monoisotopic (exact) mass is 249 g/mol. The third kappa shape index (κ3) is 2.58. The van der Waals surface area contributed by atoms with E-state index in [0.717, 1.165) is 12.8 Å². The van der Waals surface area contributed by atoms with E-state index >= 15 is 0 Å². The molecule has 96 valence electrons. The van der Waals surface area contributed by atoms with Crippen molar-refractivity contribution in [3.63, 3.8) is 0 Å². The standard InChI is InChI=1S/C12H15N3O3/c1-13-11(16)8-5-6-9(18-7-3-4-7)10(15-8)12(17)14-2/h5-7H,3-4H2,1-2H3,(H,13,16)(H,14,17). The summed E-state index contributed by atoms with van der Waals surface area (Å²) < 4.78 is 5.59. The zero-order valence-electron chi connectivity index (χ0n) is 10.3. The molecular weight excluding hydrogens is 234 g/mol. The molecule has 0 bridgehead atoms. The predicted octanol–water partition coefficient (Wildman–Crippen LogP) is 0.342. The maximum absolute atomic E-state index is 11.7. The van der Waals surface area contributed by atoms with Gasteiger partial charge >= 0.3 is 0 Å². The highest BCUT2D eigenvalue weighted by Gasteiger charge is 2.26. The molecule has 6 nitrogen and oxygen atoms in total. The summed E-state index contributed by atoms with van der Waals surface area (Å²) in [7, 11) is 3.02. The Morgan fingerprint density at radius 3 is 2.44 bits per heavy atom. The van der Waals surface area contributed by atoms with Gasteiger partial charge in [0.25, 0.3) is 11.8 Å². The SMILES string of the molecule is CNC(=O)c1ccc(OC2CC2)c(C(=O)NC)n1. The van der Waals surface area contributed by atoms with Crippen molar-refractivity contribution < 1.29 is 14.3 Å². The van der Waals surface area contributed by atoms with Crippen molar-refractivity contribution in [1.29, 1.82) is 0 Å². The van der Waals surface area contributed by atoms with Crippen LogP contribution in [0.1, 0.15) is 33.8 Å². The smallest absolute Gasteiger partial charge is 0.273 e. The number of hydrogen-bond acceptors (Lipinski definition) is 4. The summed E-state index contributed by atoms with van der Waals surface area (Å²) in [5, 5.41) is 4.95. The Hall–Kier alpha value is -2.11. The van der Waals surface area contributed by atoms with Gasteiger partial charge in [-0.15, -0.1) is 0 Å². The second kappa shape index (κ2) is 5.03. The molecule has 0 aromatic carbocycles. The third-order valence-electron chi connectivity index (χ3n) is 2.58. The van der Waals surface area contributed by atoms with Crippen molar-refractivity contribution in [1.82, 2.24) is 15.6 Å². The van der Waals surface area contributed by atoms with E-state index in [1.165, 1.54) is 14.1 Å². The first-order valence-electron chi connectivity index (χ1n) is 5.77. The van der Waals surface area contributed by atoms with Gasteiger partial charge in [-0.3, -0.25) is 9.59 Å². The van der Waals surface area contributed by atoms with E-state index in [-0.39, 0.29) is 29.3 Å². The maximum atomic E-state index is 11.7. The molecule has 0 aliphatic heterocycles. The van der Waals surface area contributed by atoms with Gasteiger partial charge in [-0.05, 0) is 25.0 Å². The summed E-state index contributed by atoms with van der Waals surface area (Å²) in [6, 6.07) is 3.16. The molecule has 0 atom stereocenters. The first-order chi connectivity index (χ1) is 8.65. The van der Waals surface area contributed by atoms with E-state index < -0.39 is 0 Å². The molecule has 2 amide bonds. The number of carbonyl (C=O) groups is 2. The van der Waals surface area contributed by atoms with Crippen molar-refractivity contribution in [2.24, 2.45) is 0 Å². The molecule has 0 radical (unpaired) electrons. The molecule has 18 heavy (non-hydrogen) atoms. The summed E-state index contributed by atoms with van der Waals surface area (Å²) in [6.07, 6.45) is 2.15. The van der Waals surface area contributed by atoms with Crippen LogP contribution in [0.25, 0.3) is 0 Å². The number of nitrogens with zero attached hydrogens (tertiary/aromatic N) is 1. The fourth-order valence-electron chi connectivity index (χ4n) is 1.44. The van der Waals surface area contributed by atoms with E-state index in [1.807, 2.05) is 0 Å². The quantitative estimate of drug-likeness (QED) is 0.806. The summed E-state index contributed by atoms with van der Waals surface area (Å²) in [4.78, 5) is 27.2. The minimum absolute atomic E-state index is 0.144. The molecule has 1 heterocycles. The molecule has 1 aliphatic carbocycles. The molecule has 1 aromatic heterocycles. The Balaban J connectivity index is 2.33. The number of pyridine rings is 1. The van der Waals surface area contributed by atoms with Crippen molar-refractivity contribution in [3.05, 3.63) is 23.5 Å². The van der Waals surface area contributed by atoms with Crippen molar-refractivity contribution in [2.75, 3.05) is 14.1 Å². The fourth-order valence-corrected chi connectivity index (χ4v) is 1.44. The first kappa shape index (κ1) is 12.3. The number of amides is 2. The molecule has 1 aliphatic rings. The summed E-state index contributed by atoms with van der Waals surface area (Å²) in [5.74, 6) is -0.279. The van der Waals surface area contributed by atoms with Gasteiger partial charge in [-0.25, -0.2) is 4.98 Å². The second-order valence-electron chi connectivity index (χ2n) is 4.02. The minimum Gasteiger partial charge on any atom is -0.488 e. The Bertz CT molecular complexity index is 483. The topological polar surface area (TPSA) is 80.3 Å². The molecule has 1 aromatic rings. The van der Waals surface area contributed by atoms with Gasteiger partial charge in [-0.2, -0.15) is 0 Å². The van der Waals surface area contributed by atoms with Crippen LogP contribution in [0.5, 0.6) is 5.75 Å². The molecule has 1 fully saturated rings. The Labute approximate surface area is 105 Å².